The summed E-state index contributed by atoms with van der Waals surface area (Å²) in [7, 11) is -3.76. The summed E-state index contributed by atoms with van der Waals surface area (Å²) in [5.41, 5.74) is 3.34. The van der Waals surface area contributed by atoms with Crippen LogP contribution in [0.15, 0.2) is 71.6 Å². The number of para-hydroxylation sites is 1. The first kappa shape index (κ1) is 27.2. The number of benzene rings is 3. The fourth-order valence-corrected chi connectivity index (χ4v) is 4.84. The fraction of sp³-hybridized carbons (Fsp3) is 0.259. The molecule has 3 rings (SSSR count). The lowest BCUT2D eigenvalue weighted by atomic mass is 10.1. The number of carbonyl (C=O) groups is 1. The highest BCUT2D eigenvalue weighted by Crippen LogP contribution is 2.22. The molecule has 190 valence electrons. The van der Waals surface area contributed by atoms with Gasteiger partial charge in [-0.05, 0) is 80.5 Å². The Morgan fingerprint density at radius 2 is 1.69 bits per heavy atom. The molecule has 0 aliphatic rings. The first-order chi connectivity index (χ1) is 17.2. The molecule has 0 saturated heterocycles. The molecule has 0 bridgehead atoms. The number of amides is 1. The Labute approximate surface area is 218 Å². The molecule has 0 fully saturated rings. The van der Waals surface area contributed by atoms with Gasteiger partial charge in [-0.25, -0.2) is 8.42 Å². The lowest BCUT2D eigenvalue weighted by Gasteiger charge is -2.14. The maximum atomic E-state index is 12.8. The Morgan fingerprint density at radius 1 is 0.972 bits per heavy atom. The summed E-state index contributed by atoms with van der Waals surface area (Å²) in [5.74, 6) is 0.107. The van der Waals surface area contributed by atoms with Gasteiger partial charge in [0.25, 0.3) is 15.9 Å². The molecule has 0 radical (unpaired) electrons. The lowest BCUT2D eigenvalue weighted by molar-refractivity contribution is 0.0973. The number of hydrogen-bond donors (Lipinski definition) is 3. The molecule has 0 spiro atoms. The Bertz CT molecular complexity index is 1320. The van der Waals surface area contributed by atoms with Crippen molar-refractivity contribution in [1.29, 1.82) is 0 Å². The Hall–Kier alpha value is -3.43. The third kappa shape index (κ3) is 7.53. The quantitative estimate of drug-likeness (QED) is 0.229. The van der Waals surface area contributed by atoms with Crippen LogP contribution in [0.25, 0.3) is 0 Å². The Kier molecular flexibility index (Phi) is 9.44. The van der Waals surface area contributed by atoms with E-state index in [-0.39, 0.29) is 10.0 Å². The maximum absolute atomic E-state index is 12.8. The van der Waals surface area contributed by atoms with Crippen LogP contribution in [0.3, 0.4) is 0 Å². The minimum atomic E-state index is -3.76. The highest BCUT2D eigenvalue weighted by atomic mass is 32.2. The molecule has 3 aromatic rings. The number of unbranched alkanes of at least 4 members (excludes halogenated alkanes) is 2. The smallest absolute Gasteiger partial charge is 0.261 e. The highest BCUT2D eigenvalue weighted by Gasteiger charge is 2.16. The molecule has 0 aliphatic heterocycles. The van der Waals surface area contributed by atoms with E-state index in [1.807, 2.05) is 32.0 Å². The average Bonchev–Trinajstić information content (AvgIpc) is 2.84. The molecular weight excluding hydrogens is 494 g/mol. The number of aryl methyl sites for hydroxylation is 2. The number of anilines is 2. The predicted molar refractivity (Wildman–Crippen MR) is 148 cm³/mol. The van der Waals surface area contributed by atoms with Gasteiger partial charge in [-0.2, -0.15) is 0 Å². The highest BCUT2D eigenvalue weighted by molar-refractivity contribution is 7.92. The predicted octanol–water partition coefficient (Wildman–Crippen LogP) is 5.80. The van der Waals surface area contributed by atoms with Gasteiger partial charge in [-0.15, -0.1) is 0 Å². The SMILES string of the molecule is CCCCCOc1ccccc1C(=O)NC(=S)Nc1ccc(S(=O)(=O)Nc2ccc(C)cc2C)cc1. The first-order valence-electron chi connectivity index (χ1n) is 11.7. The molecule has 9 heteroatoms. The molecule has 1 amide bonds. The van der Waals surface area contributed by atoms with Gasteiger partial charge in [0.05, 0.1) is 22.8 Å². The van der Waals surface area contributed by atoms with E-state index in [9.17, 15) is 13.2 Å². The van der Waals surface area contributed by atoms with Gasteiger partial charge in [0.2, 0.25) is 0 Å². The van der Waals surface area contributed by atoms with Crippen molar-refractivity contribution < 1.29 is 17.9 Å². The van der Waals surface area contributed by atoms with Crippen molar-refractivity contribution >= 4 is 44.6 Å². The second kappa shape index (κ2) is 12.5. The van der Waals surface area contributed by atoms with Gasteiger partial charge in [0, 0.05) is 5.69 Å². The summed E-state index contributed by atoms with van der Waals surface area (Å²) in [6.45, 7) is 6.45. The monoisotopic (exact) mass is 525 g/mol. The number of sulfonamides is 1. The Balaban J connectivity index is 1.61. The van der Waals surface area contributed by atoms with Crippen molar-refractivity contribution in [3.8, 4) is 5.75 Å². The largest absolute Gasteiger partial charge is 0.493 e. The third-order valence-electron chi connectivity index (χ3n) is 5.41. The molecule has 0 aliphatic carbocycles. The van der Waals surface area contributed by atoms with Crippen molar-refractivity contribution in [2.24, 2.45) is 0 Å². The van der Waals surface area contributed by atoms with E-state index in [1.54, 1.807) is 36.4 Å². The van der Waals surface area contributed by atoms with E-state index in [0.717, 1.165) is 30.4 Å². The summed E-state index contributed by atoms with van der Waals surface area (Å²) in [6, 6.07) is 18.6. The maximum Gasteiger partial charge on any atom is 0.261 e. The molecule has 0 heterocycles. The average molecular weight is 526 g/mol. The zero-order valence-electron chi connectivity index (χ0n) is 20.6. The van der Waals surface area contributed by atoms with Crippen molar-refractivity contribution in [3.63, 3.8) is 0 Å². The van der Waals surface area contributed by atoms with E-state index >= 15 is 0 Å². The molecule has 36 heavy (non-hydrogen) atoms. The van der Waals surface area contributed by atoms with Crippen LogP contribution in [0.2, 0.25) is 0 Å². The van der Waals surface area contributed by atoms with Gasteiger partial charge in [0.1, 0.15) is 5.75 Å². The standard InChI is InChI=1S/C27H31N3O4S2/c1-4-5-8-17-34-25-10-7-6-9-23(25)26(31)29-27(35)28-21-12-14-22(15-13-21)36(32,33)30-24-16-11-19(2)18-20(24)3/h6-7,9-16,18,30H,4-5,8,17H2,1-3H3,(H2,28,29,31,35). The number of thiocarbonyl (C=S) groups is 1. The summed E-state index contributed by atoms with van der Waals surface area (Å²) in [6.07, 6.45) is 3.06. The van der Waals surface area contributed by atoms with Crippen LogP contribution in [0.1, 0.15) is 47.7 Å². The molecule has 3 N–H and O–H groups in total. The first-order valence-corrected chi connectivity index (χ1v) is 13.6. The Morgan fingerprint density at radius 3 is 2.39 bits per heavy atom. The lowest BCUT2D eigenvalue weighted by Crippen LogP contribution is -2.34. The summed E-state index contributed by atoms with van der Waals surface area (Å²) in [5, 5.41) is 5.64. The summed E-state index contributed by atoms with van der Waals surface area (Å²) in [4.78, 5) is 12.9. The van der Waals surface area contributed by atoms with Crippen molar-refractivity contribution in [2.75, 3.05) is 16.6 Å². The van der Waals surface area contributed by atoms with Crippen LogP contribution in [0.5, 0.6) is 5.75 Å². The van der Waals surface area contributed by atoms with Crippen molar-refractivity contribution in [1.82, 2.24) is 5.32 Å². The van der Waals surface area contributed by atoms with E-state index in [4.69, 9.17) is 17.0 Å². The second-order valence-electron chi connectivity index (χ2n) is 8.41. The molecule has 0 atom stereocenters. The normalized spacial score (nSPS) is 11.0. The molecule has 0 saturated carbocycles. The zero-order valence-corrected chi connectivity index (χ0v) is 22.3. The topological polar surface area (TPSA) is 96.5 Å². The molecule has 0 aromatic heterocycles. The molecule has 0 unspecified atom stereocenters. The van der Waals surface area contributed by atoms with Gasteiger partial charge < -0.3 is 10.1 Å². The number of hydrogen-bond acceptors (Lipinski definition) is 5. The van der Waals surface area contributed by atoms with E-state index in [1.165, 1.54) is 12.1 Å². The summed E-state index contributed by atoms with van der Waals surface area (Å²) < 4.78 is 34.0. The van der Waals surface area contributed by atoms with E-state index < -0.39 is 15.9 Å². The number of ether oxygens (including phenoxy) is 1. The van der Waals surface area contributed by atoms with Crippen LogP contribution in [0, 0.1) is 13.8 Å². The third-order valence-corrected chi connectivity index (χ3v) is 7.00. The number of rotatable bonds is 10. The van der Waals surface area contributed by atoms with Crippen molar-refractivity contribution in [2.45, 2.75) is 44.9 Å². The van der Waals surface area contributed by atoms with E-state index in [0.29, 0.717) is 29.3 Å². The number of nitrogens with one attached hydrogen (secondary N) is 3. The van der Waals surface area contributed by atoms with Crippen LogP contribution in [-0.2, 0) is 10.0 Å². The van der Waals surface area contributed by atoms with Crippen molar-refractivity contribution in [3.05, 3.63) is 83.4 Å². The van der Waals surface area contributed by atoms with Gasteiger partial charge >= 0.3 is 0 Å². The van der Waals surface area contributed by atoms with Gasteiger partial charge in [-0.3, -0.25) is 14.8 Å². The van der Waals surface area contributed by atoms with Gasteiger partial charge in [0.15, 0.2) is 5.11 Å². The minimum Gasteiger partial charge on any atom is -0.493 e. The van der Waals surface area contributed by atoms with Gasteiger partial charge in [-0.1, -0.05) is 49.6 Å². The van der Waals surface area contributed by atoms with Crippen LogP contribution in [-0.4, -0.2) is 26.0 Å². The second-order valence-corrected chi connectivity index (χ2v) is 10.5. The van der Waals surface area contributed by atoms with E-state index in [2.05, 4.69) is 22.3 Å². The number of carbonyl (C=O) groups excluding carboxylic acids is 1. The zero-order chi connectivity index (χ0) is 26.1. The molecular formula is C27H31N3O4S2. The molecule has 3 aromatic carbocycles. The van der Waals surface area contributed by atoms with Crippen LogP contribution < -0.4 is 20.1 Å². The summed E-state index contributed by atoms with van der Waals surface area (Å²) >= 11 is 5.28. The molecule has 7 nitrogen and oxygen atoms in total. The fourth-order valence-electron chi connectivity index (χ4n) is 3.50. The van der Waals surface area contributed by atoms with Crippen LogP contribution >= 0.6 is 12.2 Å². The van der Waals surface area contributed by atoms with Crippen LogP contribution in [0.4, 0.5) is 11.4 Å². The minimum absolute atomic E-state index is 0.0878.